The molecule has 2 saturated heterocycles. The number of hydrogen-bond acceptors (Lipinski definition) is 4. The molecule has 2 unspecified atom stereocenters. The highest BCUT2D eigenvalue weighted by Crippen LogP contribution is 2.33. The van der Waals surface area contributed by atoms with E-state index in [9.17, 15) is 14.4 Å². The first-order chi connectivity index (χ1) is 13.4. The number of imide groups is 1. The van der Waals surface area contributed by atoms with Gasteiger partial charge in [0.05, 0.1) is 12.7 Å². The first-order valence-electron chi connectivity index (χ1n) is 9.42. The van der Waals surface area contributed by atoms with Gasteiger partial charge in [0.25, 0.3) is 5.91 Å². The minimum Gasteiger partial charge on any atom is -0.375 e. The minimum absolute atomic E-state index is 0.0539. The van der Waals surface area contributed by atoms with Crippen molar-refractivity contribution in [3.8, 4) is 0 Å². The molecule has 0 aromatic heterocycles. The van der Waals surface area contributed by atoms with Gasteiger partial charge in [-0.15, -0.1) is 0 Å². The summed E-state index contributed by atoms with van der Waals surface area (Å²) in [6.45, 7) is 4.70. The van der Waals surface area contributed by atoms with E-state index in [1.165, 1.54) is 0 Å². The normalized spacial score (nSPS) is 25.3. The van der Waals surface area contributed by atoms with Gasteiger partial charge < -0.3 is 15.0 Å². The van der Waals surface area contributed by atoms with Crippen LogP contribution in [-0.2, 0) is 19.9 Å². The maximum absolute atomic E-state index is 13.2. The van der Waals surface area contributed by atoms with Gasteiger partial charge in [-0.25, -0.2) is 4.79 Å². The number of nitrogens with one attached hydrogen (secondary N) is 1. The zero-order valence-electron chi connectivity index (χ0n) is 16.0. The summed E-state index contributed by atoms with van der Waals surface area (Å²) in [4.78, 5) is 41.1. The molecule has 146 valence electrons. The Morgan fingerprint density at radius 1 is 1.21 bits per heavy atom. The molecule has 0 saturated carbocycles. The number of fused-ring (bicyclic) bond motifs is 1. The lowest BCUT2D eigenvalue weighted by Gasteiger charge is -2.32. The third kappa shape index (κ3) is 3.01. The number of carbonyl (C=O) groups is 3. The van der Waals surface area contributed by atoms with Crippen LogP contribution in [0.4, 0.5) is 4.79 Å². The molecule has 2 aliphatic rings. The second kappa shape index (κ2) is 6.91. The van der Waals surface area contributed by atoms with Crippen molar-refractivity contribution in [2.24, 2.45) is 0 Å². The maximum Gasteiger partial charge on any atom is 0.325 e. The van der Waals surface area contributed by atoms with Crippen molar-refractivity contribution in [2.75, 3.05) is 26.2 Å². The van der Waals surface area contributed by atoms with Gasteiger partial charge in [0.1, 0.15) is 12.1 Å². The van der Waals surface area contributed by atoms with Crippen LogP contribution in [0.3, 0.4) is 0 Å². The van der Waals surface area contributed by atoms with Crippen LogP contribution in [0.1, 0.15) is 19.4 Å². The largest absolute Gasteiger partial charge is 0.375 e. The summed E-state index contributed by atoms with van der Waals surface area (Å²) in [5.74, 6) is -0.663. The van der Waals surface area contributed by atoms with E-state index in [4.69, 9.17) is 4.74 Å². The molecule has 2 heterocycles. The quantitative estimate of drug-likeness (QED) is 0.823. The predicted octanol–water partition coefficient (Wildman–Crippen LogP) is 1.85. The van der Waals surface area contributed by atoms with Crippen LogP contribution < -0.4 is 5.32 Å². The van der Waals surface area contributed by atoms with Gasteiger partial charge in [-0.3, -0.25) is 14.5 Å². The Balaban J connectivity index is 1.60. The van der Waals surface area contributed by atoms with Gasteiger partial charge in [-0.1, -0.05) is 42.5 Å². The minimum atomic E-state index is -1.21. The van der Waals surface area contributed by atoms with Gasteiger partial charge in [0.2, 0.25) is 5.91 Å². The summed E-state index contributed by atoms with van der Waals surface area (Å²) in [6, 6.07) is 12.8. The third-order valence-corrected chi connectivity index (χ3v) is 5.49. The fourth-order valence-corrected chi connectivity index (χ4v) is 3.96. The molecule has 0 bridgehead atoms. The Morgan fingerprint density at radius 3 is 2.75 bits per heavy atom. The number of hydrogen-bond donors (Lipinski definition) is 1. The summed E-state index contributed by atoms with van der Waals surface area (Å²) in [7, 11) is 0. The molecule has 7 nitrogen and oxygen atoms in total. The van der Waals surface area contributed by atoms with E-state index >= 15 is 0 Å². The molecule has 2 atom stereocenters. The van der Waals surface area contributed by atoms with E-state index in [2.05, 4.69) is 5.32 Å². The van der Waals surface area contributed by atoms with Gasteiger partial charge in [-0.05, 0) is 30.2 Å². The Bertz CT molecular complexity index is 954. The van der Waals surface area contributed by atoms with E-state index in [0.29, 0.717) is 19.7 Å². The molecule has 28 heavy (non-hydrogen) atoms. The number of rotatable bonds is 3. The van der Waals surface area contributed by atoms with Crippen molar-refractivity contribution in [1.29, 1.82) is 0 Å². The van der Waals surface area contributed by atoms with Crippen molar-refractivity contribution in [2.45, 2.75) is 25.5 Å². The van der Waals surface area contributed by atoms with Crippen molar-refractivity contribution < 1.29 is 19.1 Å². The van der Waals surface area contributed by atoms with Crippen LogP contribution in [0.2, 0.25) is 0 Å². The van der Waals surface area contributed by atoms with E-state index in [1.54, 1.807) is 11.8 Å². The highest BCUT2D eigenvalue weighted by Gasteiger charge is 2.50. The number of amides is 4. The molecule has 2 aromatic rings. The number of ether oxygens (including phenoxy) is 1. The number of nitrogens with zero attached hydrogens (tertiary/aromatic N) is 2. The molecule has 7 heteroatoms. The van der Waals surface area contributed by atoms with Crippen LogP contribution in [0.5, 0.6) is 0 Å². The van der Waals surface area contributed by atoms with Crippen LogP contribution in [0, 0.1) is 0 Å². The molecule has 0 spiro atoms. The van der Waals surface area contributed by atoms with Crippen LogP contribution in [-0.4, -0.2) is 60.0 Å². The summed E-state index contributed by atoms with van der Waals surface area (Å²) in [5.41, 5.74) is -0.491. The van der Waals surface area contributed by atoms with Crippen LogP contribution in [0.15, 0.2) is 42.5 Å². The van der Waals surface area contributed by atoms with Crippen molar-refractivity contribution in [3.63, 3.8) is 0 Å². The number of benzene rings is 2. The number of urea groups is 1. The first kappa shape index (κ1) is 18.4. The lowest BCUT2D eigenvalue weighted by atomic mass is 9.88. The zero-order valence-corrected chi connectivity index (χ0v) is 16.0. The van der Waals surface area contributed by atoms with E-state index in [-0.39, 0.29) is 18.6 Å². The highest BCUT2D eigenvalue weighted by atomic mass is 16.5. The molecule has 0 aliphatic carbocycles. The summed E-state index contributed by atoms with van der Waals surface area (Å²) in [6.07, 6.45) is -0.0539. The number of carbonyl (C=O) groups excluding carboxylic acids is 3. The highest BCUT2D eigenvalue weighted by molar-refractivity contribution is 6.10. The van der Waals surface area contributed by atoms with Crippen LogP contribution in [0.25, 0.3) is 10.8 Å². The molecule has 0 radical (unpaired) electrons. The average molecular weight is 381 g/mol. The fraction of sp³-hybridized carbons (Fsp3) is 0.381. The summed E-state index contributed by atoms with van der Waals surface area (Å²) < 4.78 is 5.45. The monoisotopic (exact) mass is 381 g/mol. The maximum atomic E-state index is 13.2. The van der Waals surface area contributed by atoms with Gasteiger partial charge in [-0.2, -0.15) is 0 Å². The summed E-state index contributed by atoms with van der Waals surface area (Å²) in [5, 5.41) is 4.68. The summed E-state index contributed by atoms with van der Waals surface area (Å²) >= 11 is 0. The molecule has 2 fully saturated rings. The fourth-order valence-electron chi connectivity index (χ4n) is 3.96. The lowest BCUT2D eigenvalue weighted by Crippen LogP contribution is -2.49. The topological polar surface area (TPSA) is 79.0 Å². The molecular weight excluding hydrogens is 358 g/mol. The zero-order chi connectivity index (χ0) is 19.9. The first-order valence-corrected chi connectivity index (χ1v) is 9.42. The van der Waals surface area contributed by atoms with Crippen molar-refractivity contribution >= 4 is 28.6 Å². The van der Waals surface area contributed by atoms with Crippen molar-refractivity contribution in [1.82, 2.24) is 15.1 Å². The second-order valence-corrected chi connectivity index (χ2v) is 7.49. The Labute approximate surface area is 163 Å². The Kier molecular flexibility index (Phi) is 4.55. The van der Waals surface area contributed by atoms with Crippen molar-refractivity contribution in [3.05, 3.63) is 48.0 Å². The second-order valence-electron chi connectivity index (χ2n) is 7.49. The molecule has 4 amide bonds. The third-order valence-electron chi connectivity index (χ3n) is 5.49. The smallest absolute Gasteiger partial charge is 0.325 e. The molecule has 2 aromatic carbocycles. The lowest BCUT2D eigenvalue weighted by molar-refractivity contribution is -0.143. The molecule has 2 aliphatic heterocycles. The van der Waals surface area contributed by atoms with Gasteiger partial charge in [0, 0.05) is 13.1 Å². The Morgan fingerprint density at radius 2 is 1.96 bits per heavy atom. The average Bonchev–Trinajstić information content (AvgIpc) is 2.91. The number of morpholine rings is 1. The molecule has 1 N–H and O–H groups in total. The van der Waals surface area contributed by atoms with E-state index in [0.717, 1.165) is 21.2 Å². The Hall–Kier alpha value is -2.93. The van der Waals surface area contributed by atoms with Gasteiger partial charge >= 0.3 is 6.03 Å². The standard InChI is InChI=1S/C21H23N3O4/c1-14-12-23(10-11-28-14)18(25)13-24-19(26)21(2,22-20(24)27)17-9-5-7-15-6-3-4-8-16(15)17/h3-9,14H,10-13H2,1-2H3,(H,22,27). The van der Waals surface area contributed by atoms with Crippen LogP contribution >= 0.6 is 0 Å². The van der Waals surface area contributed by atoms with Gasteiger partial charge in [0.15, 0.2) is 0 Å². The van der Waals surface area contributed by atoms with E-state index < -0.39 is 17.5 Å². The van der Waals surface area contributed by atoms with E-state index in [1.807, 2.05) is 49.4 Å². The predicted molar refractivity (Wildman–Crippen MR) is 104 cm³/mol. The SMILES string of the molecule is CC1CN(C(=O)CN2C(=O)NC(C)(c3cccc4ccccc34)C2=O)CCO1. The molecular formula is C21H23N3O4. The molecule has 4 rings (SSSR count).